The van der Waals surface area contributed by atoms with E-state index in [4.69, 9.17) is 0 Å². The number of sulfone groups is 1. The van der Waals surface area contributed by atoms with E-state index in [2.05, 4.69) is 14.9 Å². The molecule has 0 amide bonds. The predicted molar refractivity (Wildman–Crippen MR) is 86.7 cm³/mol. The van der Waals surface area contributed by atoms with Gasteiger partial charge in [0.25, 0.3) is 0 Å². The predicted octanol–water partition coefficient (Wildman–Crippen LogP) is 2.18. The molecular formula is C16H19N3O2S. The lowest BCUT2D eigenvalue weighted by molar-refractivity contribution is 0.324. The number of nitrogens with zero attached hydrogens (tertiary/aromatic N) is 3. The Kier molecular flexibility index (Phi) is 3.11. The van der Waals surface area contributed by atoms with Crippen LogP contribution in [0.5, 0.6) is 0 Å². The largest absolute Gasteiger partial charge is 0.370 e. The van der Waals surface area contributed by atoms with Crippen LogP contribution in [-0.4, -0.2) is 42.0 Å². The quantitative estimate of drug-likeness (QED) is 0.806. The fourth-order valence-electron chi connectivity index (χ4n) is 3.68. The normalized spacial score (nSPS) is 23.2. The Balaban J connectivity index is 1.71. The first-order chi connectivity index (χ1) is 10.6. The van der Waals surface area contributed by atoms with E-state index >= 15 is 0 Å². The van der Waals surface area contributed by atoms with Gasteiger partial charge in [0.15, 0.2) is 9.84 Å². The van der Waals surface area contributed by atoms with Crippen LogP contribution in [0.3, 0.4) is 0 Å². The first-order valence-corrected chi connectivity index (χ1v) is 9.43. The third-order valence-corrected chi connectivity index (χ3v) is 7.90. The molecule has 0 bridgehead atoms. The molecule has 0 unspecified atom stereocenters. The van der Waals surface area contributed by atoms with Crippen LogP contribution in [0, 0.1) is 0 Å². The maximum Gasteiger partial charge on any atom is 0.157 e. The molecule has 1 saturated heterocycles. The van der Waals surface area contributed by atoms with Crippen LogP contribution in [0.4, 0.5) is 5.69 Å². The number of hydrogen-bond donors (Lipinski definition) is 0. The van der Waals surface area contributed by atoms with Gasteiger partial charge in [0.05, 0.1) is 16.0 Å². The number of aromatic nitrogens is 2. The summed E-state index contributed by atoms with van der Waals surface area (Å²) >= 11 is 0. The molecule has 4 rings (SSSR count). The van der Waals surface area contributed by atoms with Gasteiger partial charge < -0.3 is 4.90 Å². The van der Waals surface area contributed by atoms with Gasteiger partial charge in [-0.25, -0.2) is 8.42 Å². The molecule has 1 saturated carbocycles. The van der Waals surface area contributed by atoms with Crippen LogP contribution < -0.4 is 4.90 Å². The zero-order valence-electron chi connectivity index (χ0n) is 12.4. The van der Waals surface area contributed by atoms with Crippen molar-refractivity contribution in [3.05, 3.63) is 30.7 Å². The molecule has 6 heteroatoms. The summed E-state index contributed by atoms with van der Waals surface area (Å²) in [6.45, 7) is 1.34. The van der Waals surface area contributed by atoms with Gasteiger partial charge in [0, 0.05) is 42.8 Å². The Morgan fingerprint density at radius 1 is 1.09 bits per heavy atom. The third kappa shape index (κ3) is 2.00. The second kappa shape index (κ2) is 4.91. The second-order valence-corrected chi connectivity index (χ2v) is 8.82. The average Bonchev–Trinajstić information content (AvgIpc) is 2.62. The maximum absolute atomic E-state index is 12.6. The summed E-state index contributed by atoms with van der Waals surface area (Å²) in [5, 5.41) is 0.993. The molecule has 2 aliphatic rings. The number of anilines is 1. The smallest absolute Gasteiger partial charge is 0.157 e. The van der Waals surface area contributed by atoms with Crippen LogP contribution in [0.25, 0.3) is 10.9 Å². The molecule has 0 atom stereocenters. The lowest BCUT2D eigenvalue weighted by atomic mass is 9.81. The topological polar surface area (TPSA) is 63.2 Å². The molecule has 2 fully saturated rings. The summed E-state index contributed by atoms with van der Waals surface area (Å²) in [6.07, 6.45) is 8.78. The average molecular weight is 317 g/mol. The number of pyridine rings is 2. The molecule has 1 aliphatic carbocycles. The standard InChI is InChI=1S/C16H19N3O2S/c20-22(21)11-10-19(9-6-16(22)4-1-5-16)15-3-8-18-14-2-7-17-12-13(14)15/h2-3,7-8,12H,1,4-6,9-11H2. The summed E-state index contributed by atoms with van der Waals surface area (Å²) in [7, 11) is -2.99. The van der Waals surface area contributed by atoms with Crippen LogP contribution in [-0.2, 0) is 9.84 Å². The van der Waals surface area contributed by atoms with E-state index in [9.17, 15) is 8.42 Å². The minimum absolute atomic E-state index is 0.247. The van der Waals surface area contributed by atoms with E-state index in [0.717, 1.165) is 48.8 Å². The Bertz CT molecular complexity index is 810. The third-order valence-electron chi connectivity index (χ3n) is 5.25. The lowest BCUT2D eigenvalue weighted by Gasteiger charge is -2.40. The van der Waals surface area contributed by atoms with Gasteiger partial charge in [-0.05, 0) is 31.4 Å². The van der Waals surface area contributed by atoms with Crippen molar-refractivity contribution < 1.29 is 8.42 Å². The van der Waals surface area contributed by atoms with Gasteiger partial charge in [-0.1, -0.05) is 6.42 Å². The molecule has 1 spiro atoms. The van der Waals surface area contributed by atoms with Crippen molar-refractivity contribution in [2.24, 2.45) is 0 Å². The van der Waals surface area contributed by atoms with Crippen molar-refractivity contribution in [2.45, 2.75) is 30.4 Å². The van der Waals surface area contributed by atoms with Crippen molar-refractivity contribution in [3.63, 3.8) is 0 Å². The van der Waals surface area contributed by atoms with E-state index in [1.54, 1.807) is 12.4 Å². The highest BCUT2D eigenvalue weighted by Crippen LogP contribution is 2.44. The van der Waals surface area contributed by atoms with Crippen LogP contribution in [0.2, 0.25) is 0 Å². The van der Waals surface area contributed by atoms with E-state index in [0.29, 0.717) is 6.54 Å². The molecule has 5 nitrogen and oxygen atoms in total. The molecule has 0 N–H and O–H groups in total. The Morgan fingerprint density at radius 2 is 1.95 bits per heavy atom. The lowest BCUT2D eigenvalue weighted by Crippen LogP contribution is -2.46. The summed E-state index contributed by atoms with van der Waals surface area (Å²) in [5.74, 6) is 0.247. The van der Waals surface area contributed by atoms with Gasteiger partial charge in [-0.3, -0.25) is 9.97 Å². The highest BCUT2D eigenvalue weighted by molar-refractivity contribution is 7.92. The highest BCUT2D eigenvalue weighted by atomic mass is 32.2. The first-order valence-electron chi connectivity index (χ1n) is 7.77. The molecule has 3 heterocycles. The van der Waals surface area contributed by atoms with Crippen LogP contribution in [0.1, 0.15) is 25.7 Å². The van der Waals surface area contributed by atoms with Crippen LogP contribution >= 0.6 is 0 Å². The van der Waals surface area contributed by atoms with Gasteiger partial charge in [-0.2, -0.15) is 0 Å². The number of rotatable bonds is 1. The van der Waals surface area contributed by atoms with Gasteiger partial charge in [-0.15, -0.1) is 0 Å². The van der Waals surface area contributed by atoms with Crippen molar-refractivity contribution in [1.82, 2.24) is 9.97 Å². The molecule has 2 aromatic heterocycles. The van der Waals surface area contributed by atoms with E-state index in [1.165, 1.54) is 0 Å². The zero-order chi connectivity index (χ0) is 15.2. The monoisotopic (exact) mass is 317 g/mol. The molecule has 1 aliphatic heterocycles. The van der Waals surface area contributed by atoms with Crippen molar-refractivity contribution in [2.75, 3.05) is 23.7 Å². The molecule has 116 valence electrons. The van der Waals surface area contributed by atoms with E-state index in [-0.39, 0.29) is 5.75 Å². The fourth-order valence-corrected chi connectivity index (χ4v) is 5.88. The van der Waals surface area contributed by atoms with E-state index in [1.807, 2.05) is 18.3 Å². The molecule has 0 aromatic carbocycles. The molecule has 0 radical (unpaired) electrons. The van der Waals surface area contributed by atoms with Crippen LogP contribution in [0.15, 0.2) is 30.7 Å². The van der Waals surface area contributed by atoms with Crippen molar-refractivity contribution >= 4 is 26.4 Å². The molecule has 22 heavy (non-hydrogen) atoms. The fraction of sp³-hybridized carbons (Fsp3) is 0.500. The Hall–Kier alpha value is -1.69. The summed E-state index contributed by atoms with van der Waals surface area (Å²) in [5.41, 5.74) is 1.95. The minimum atomic E-state index is -2.99. The number of fused-ring (bicyclic) bond motifs is 1. The van der Waals surface area contributed by atoms with Gasteiger partial charge >= 0.3 is 0 Å². The molecule has 2 aromatic rings. The first kappa shape index (κ1) is 13.9. The minimum Gasteiger partial charge on any atom is -0.370 e. The highest BCUT2D eigenvalue weighted by Gasteiger charge is 2.49. The van der Waals surface area contributed by atoms with E-state index < -0.39 is 14.6 Å². The second-order valence-electron chi connectivity index (χ2n) is 6.32. The summed E-state index contributed by atoms with van der Waals surface area (Å²) in [4.78, 5) is 10.7. The summed E-state index contributed by atoms with van der Waals surface area (Å²) in [6, 6.07) is 3.86. The molecular weight excluding hydrogens is 298 g/mol. The zero-order valence-corrected chi connectivity index (χ0v) is 13.2. The SMILES string of the molecule is O=S1(=O)CCN(c2ccnc3ccncc23)CCC12CCC2. The van der Waals surface area contributed by atoms with Gasteiger partial charge in [0.1, 0.15) is 0 Å². The number of hydrogen-bond acceptors (Lipinski definition) is 5. The Morgan fingerprint density at radius 3 is 2.73 bits per heavy atom. The maximum atomic E-state index is 12.6. The van der Waals surface area contributed by atoms with Crippen molar-refractivity contribution in [1.29, 1.82) is 0 Å². The summed E-state index contributed by atoms with van der Waals surface area (Å²) < 4.78 is 24.7. The van der Waals surface area contributed by atoms with Gasteiger partial charge in [0.2, 0.25) is 0 Å². The van der Waals surface area contributed by atoms with Crippen molar-refractivity contribution in [3.8, 4) is 0 Å². The Labute approximate surface area is 130 Å².